The molecule has 48 heavy (non-hydrogen) atoms. The van der Waals surface area contributed by atoms with E-state index in [-0.39, 0.29) is 36.1 Å². The largest absolute Gasteiger partial charge is 0.492 e. The van der Waals surface area contributed by atoms with Crippen LogP contribution in [0.4, 0.5) is 10.1 Å². The highest BCUT2D eigenvalue weighted by atomic mass is 32.2. The van der Waals surface area contributed by atoms with Crippen molar-refractivity contribution >= 4 is 39.3 Å². The molecule has 0 saturated carbocycles. The molecule has 0 aromatic heterocycles. The predicted molar refractivity (Wildman–Crippen MR) is 189 cm³/mol. The van der Waals surface area contributed by atoms with E-state index < -0.39 is 34.3 Å². The molecule has 0 spiro atoms. The van der Waals surface area contributed by atoms with Gasteiger partial charge in [-0.3, -0.25) is 13.9 Å². The summed E-state index contributed by atoms with van der Waals surface area (Å²) in [6, 6.07) is 27.1. The van der Waals surface area contributed by atoms with E-state index in [4.69, 9.17) is 4.74 Å². The normalized spacial score (nSPS) is 11.8. The smallest absolute Gasteiger partial charge is 0.264 e. The molecule has 4 rings (SSSR count). The number of hydrogen-bond donors (Lipinski definition) is 1. The van der Waals surface area contributed by atoms with Gasteiger partial charge in [0.25, 0.3) is 10.0 Å². The monoisotopic (exact) mass is 691 g/mol. The number of halogens is 1. The van der Waals surface area contributed by atoms with Gasteiger partial charge in [0.15, 0.2) is 0 Å². The third-order valence-corrected chi connectivity index (χ3v) is 10.2. The number of ether oxygens (including phenoxy) is 1. The number of benzene rings is 4. The number of nitrogens with zero attached hydrogens (tertiary/aromatic N) is 2. The number of carbonyl (C=O) groups excluding carboxylic acids is 2. The van der Waals surface area contributed by atoms with Gasteiger partial charge in [-0.1, -0.05) is 67.9 Å². The maximum atomic E-state index is 14.6. The van der Waals surface area contributed by atoms with E-state index in [0.29, 0.717) is 17.9 Å². The van der Waals surface area contributed by atoms with E-state index in [1.165, 1.54) is 40.9 Å². The molecule has 8 nitrogen and oxygen atoms in total. The number of rotatable bonds is 17. The van der Waals surface area contributed by atoms with Crippen LogP contribution in [0.2, 0.25) is 0 Å². The minimum absolute atomic E-state index is 0.00244. The van der Waals surface area contributed by atoms with Gasteiger partial charge in [0.1, 0.15) is 24.2 Å². The molecule has 0 fully saturated rings. The molecule has 0 aliphatic rings. The van der Waals surface area contributed by atoms with Crippen LogP contribution >= 0.6 is 11.8 Å². The quantitative estimate of drug-likeness (QED) is 0.0979. The van der Waals surface area contributed by atoms with Crippen molar-refractivity contribution in [1.82, 2.24) is 10.2 Å². The van der Waals surface area contributed by atoms with Crippen LogP contribution in [0.1, 0.15) is 37.8 Å². The number of sulfonamides is 1. The molecule has 0 unspecified atom stereocenters. The van der Waals surface area contributed by atoms with E-state index in [1.54, 1.807) is 55.5 Å². The maximum absolute atomic E-state index is 14.6. The van der Waals surface area contributed by atoms with E-state index in [2.05, 4.69) is 5.32 Å². The number of thioether (sulfide) groups is 1. The number of anilines is 1. The van der Waals surface area contributed by atoms with Crippen molar-refractivity contribution < 1.29 is 27.1 Å². The van der Waals surface area contributed by atoms with Crippen molar-refractivity contribution in [3.63, 3.8) is 0 Å². The van der Waals surface area contributed by atoms with Gasteiger partial charge < -0.3 is 15.0 Å². The summed E-state index contributed by atoms with van der Waals surface area (Å²) < 4.78 is 49.5. The summed E-state index contributed by atoms with van der Waals surface area (Å²) in [6.07, 6.45) is 3.70. The second kappa shape index (κ2) is 17.7. The molecule has 1 N–H and O–H groups in total. The standard InChI is InChI=1S/C37H42FN3O5S2/c1-4-6-24-39-37(43)34(25-28-12-8-7-9-13-28)40(26-29-16-18-30(38)19-17-29)36(42)27-41(33-14-10-11-15-35(33)46-5-2)48(44,45)32-22-20-31(47-3)21-23-32/h7-23,34H,4-6,24-27H2,1-3H3,(H,39,43)/t34-/m1/s1. The highest BCUT2D eigenvalue weighted by molar-refractivity contribution is 7.98. The lowest BCUT2D eigenvalue weighted by Gasteiger charge is -2.34. The first-order chi connectivity index (χ1) is 23.2. The SMILES string of the molecule is CCCCNC(=O)[C@@H](Cc1ccccc1)N(Cc1ccc(F)cc1)C(=O)CN(c1ccccc1OCC)S(=O)(=O)c1ccc(SC)cc1. The van der Waals surface area contributed by atoms with Gasteiger partial charge in [-0.25, -0.2) is 12.8 Å². The summed E-state index contributed by atoms with van der Waals surface area (Å²) >= 11 is 1.48. The van der Waals surface area contributed by atoms with Crippen LogP contribution in [0.25, 0.3) is 0 Å². The van der Waals surface area contributed by atoms with Crippen molar-refractivity contribution in [3.8, 4) is 5.75 Å². The lowest BCUT2D eigenvalue weighted by atomic mass is 10.0. The second-order valence-corrected chi connectivity index (χ2v) is 13.8. The highest BCUT2D eigenvalue weighted by Crippen LogP contribution is 2.33. The Hall–Kier alpha value is -4.35. The van der Waals surface area contributed by atoms with Gasteiger partial charge >= 0.3 is 0 Å². The first kappa shape index (κ1) is 36.5. The van der Waals surface area contributed by atoms with E-state index in [1.807, 2.05) is 43.5 Å². The number of nitrogens with one attached hydrogen (secondary N) is 1. The van der Waals surface area contributed by atoms with Crippen LogP contribution < -0.4 is 14.4 Å². The van der Waals surface area contributed by atoms with Gasteiger partial charge in [0.05, 0.1) is 17.2 Å². The number of amides is 2. The number of para-hydroxylation sites is 2. The van der Waals surface area contributed by atoms with Crippen LogP contribution in [0.3, 0.4) is 0 Å². The molecule has 2 amide bonds. The van der Waals surface area contributed by atoms with Gasteiger partial charge in [0, 0.05) is 24.4 Å². The first-order valence-corrected chi connectivity index (χ1v) is 18.6. The Labute approximate surface area is 287 Å². The molecule has 0 radical (unpaired) electrons. The van der Waals surface area contributed by atoms with Crippen molar-refractivity contribution in [2.24, 2.45) is 0 Å². The summed E-state index contributed by atoms with van der Waals surface area (Å²) in [6.45, 7) is 3.83. The number of hydrogen-bond acceptors (Lipinski definition) is 6. The minimum atomic E-state index is -4.30. The zero-order chi connectivity index (χ0) is 34.5. The van der Waals surface area contributed by atoms with Crippen molar-refractivity contribution in [2.75, 3.05) is 30.3 Å². The van der Waals surface area contributed by atoms with Crippen molar-refractivity contribution in [1.29, 1.82) is 0 Å². The summed E-state index contributed by atoms with van der Waals surface area (Å²) in [7, 11) is -4.30. The Balaban J connectivity index is 1.82. The number of carbonyl (C=O) groups is 2. The minimum Gasteiger partial charge on any atom is -0.492 e. The molecule has 4 aromatic carbocycles. The van der Waals surface area contributed by atoms with E-state index in [9.17, 15) is 22.4 Å². The molecular weight excluding hydrogens is 650 g/mol. The van der Waals surface area contributed by atoms with Gasteiger partial charge in [-0.2, -0.15) is 0 Å². The van der Waals surface area contributed by atoms with Gasteiger partial charge in [0.2, 0.25) is 11.8 Å². The zero-order valence-electron chi connectivity index (χ0n) is 27.5. The average Bonchev–Trinajstić information content (AvgIpc) is 3.10. The Bertz CT molecular complexity index is 1740. The number of unbranched alkanes of at least 4 members (excludes halogenated alkanes) is 1. The van der Waals surface area contributed by atoms with Crippen LogP contribution in [-0.4, -0.2) is 57.1 Å². The van der Waals surface area contributed by atoms with Crippen LogP contribution in [-0.2, 0) is 32.6 Å². The van der Waals surface area contributed by atoms with Crippen molar-refractivity contribution in [3.05, 3.63) is 120 Å². The Morgan fingerprint density at radius 1 is 0.875 bits per heavy atom. The second-order valence-electron chi connectivity index (χ2n) is 11.1. The molecule has 0 aliphatic heterocycles. The molecule has 4 aromatic rings. The summed E-state index contributed by atoms with van der Waals surface area (Å²) in [5, 5.41) is 2.97. The maximum Gasteiger partial charge on any atom is 0.264 e. The third-order valence-electron chi connectivity index (χ3n) is 7.73. The lowest BCUT2D eigenvalue weighted by molar-refractivity contribution is -0.140. The molecule has 0 heterocycles. The molecule has 11 heteroatoms. The van der Waals surface area contributed by atoms with Crippen LogP contribution in [0.15, 0.2) is 113 Å². The topological polar surface area (TPSA) is 96.0 Å². The van der Waals surface area contributed by atoms with Crippen LogP contribution in [0, 0.1) is 5.82 Å². The Kier molecular flexibility index (Phi) is 13.5. The molecule has 0 bridgehead atoms. The fourth-order valence-corrected chi connectivity index (χ4v) is 7.01. The average molecular weight is 692 g/mol. The highest BCUT2D eigenvalue weighted by Gasteiger charge is 2.35. The summed E-state index contributed by atoms with van der Waals surface area (Å²) in [5.41, 5.74) is 1.60. The lowest BCUT2D eigenvalue weighted by Crippen LogP contribution is -2.53. The molecule has 0 saturated heterocycles. The van der Waals surface area contributed by atoms with Gasteiger partial charge in [-0.05, 0) is 79.3 Å². The fraction of sp³-hybridized carbons (Fsp3) is 0.297. The summed E-state index contributed by atoms with van der Waals surface area (Å²) in [5.74, 6) is -1.12. The molecule has 254 valence electrons. The zero-order valence-corrected chi connectivity index (χ0v) is 29.1. The Morgan fingerprint density at radius 2 is 1.54 bits per heavy atom. The van der Waals surface area contributed by atoms with Gasteiger partial charge in [-0.15, -0.1) is 11.8 Å². The predicted octanol–water partition coefficient (Wildman–Crippen LogP) is 6.70. The van der Waals surface area contributed by atoms with Crippen molar-refractivity contribution in [2.45, 2.75) is 55.5 Å². The molecular formula is C37H42FN3O5S2. The van der Waals surface area contributed by atoms with Crippen LogP contribution in [0.5, 0.6) is 5.75 Å². The first-order valence-electron chi connectivity index (χ1n) is 15.9. The fourth-order valence-electron chi connectivity index (χ4n) is 5.18. The third kappa shape index (κ3) is 9.60. The van der Waals surface area contributed by atoms with E-state index >= 15 is 0 Å². The molecule has 0 aliphatic carbocycles. The van der Waals surface area contributed by atoms with E-state index in [0.717, 1.165) is 27.6 Å². The summed E-state index contributed by atoms with van der Waals surface area (Å²) in [4.78, 5) is 30.8. The molecule has 1 atom stereocenters. The Morgan fingerprint density at radius 3 is 2.19 bits per heavy atom.